The van der Waals surface area contributed by atoms with E-state index < -0.39 is 11.9 Å². The van der Waals surface area contributed by atoms with Gasteiger partial charge in [-0.05, 0) is 42.0 Å². The highest BCUT2D eigenvalue weighted by Crippen LogP contribution is 2.26. The molecular formula is C16H12ClNO4. The van der Waals surface area contributed by atoms with E-state index in [0.717, 1.165) is 0 Å². The van der Waals surface area contributed by atoms with Crippen LogP contribution in [0.3, 0.4) is 0 Å². The lowest BCUT2D eigenvalue weighted by Crippen LogP contribution is -2.15. The molecule has 2 aromatic rings. The Hall–Kier alpha value is -2.79. The Bertz CT molecular complexity index is 766. The molecule has 0 spiro atoms. The third-order valence-electron chi connectivity index (χ3n) is 2.97. The summed E-state index contributed by atoms with van der Waals surface area (Å²) in [5.41, 5.74) is 5.91. The van der Waals surface area contributed by atoms with Crippen molar-refractivity contribution in [3.63, 3.8) is 0 Å². The van der Waals surface area contributed by atoms with E-state index in [0.29, 0.717) is 5.56 Å². The number of halogens is 1. The molecule has 4 N–H and O–H groups in total. The topological polar surface area (TPSA) is 101 Å². The van der Waals surface area contributed by atoms with Crippen LogP contribution in [0.25, 0.3) is 11.6 Å². The lowest BCUT2D eigenvalue weighted by Gasteiger charge is -2.09. The molecule has 5 nitrogen and oxygen atoms in total. The number of aromatic hydroxyl groups is 1. The van der Waals surface area contributed by atoms with Crippen LogP contribution in [-0.2, 0) is 4.79 Å². The molecule has 0 fully saturated rings. The van der Waals surface area contributed by atoms with Crippen molar-refractivity contribution in [3.8, 4) is 5.75 Å². The van der Waals surface area contributed by atoms with Crippen LogP contribution < -0.4 is 5.73 Å². The Morgan fingerprint density at radius 1 is 1.05 bits per heavy atom. The number of carboxylic acids is 1. The number of aliphatic carboxylic acids is 1. The zero-order valence-corrected chi connectivity index (χ0v) is 12.0. The van der Waals surface area contributed by atoms with Crippen molar-refractivity contribution in [1.82, 2.24) is 0 Å². The minimum atomic E-state index is -1.22. The summed E-state index contributed by atoms with van der Waals surface area (Å²) in [5, 5.41) is 19.0. The van der Waals surface area contributed by atoms with Crippen molar-refractivity contribution in [3.05, 3.63) is 64.2 Å². The summed E-state index contributed by atoms with van der Waals surface area (Å²) in [5.74, 6) is -1.91. The average Bonchev–Trinajstić information content (AvgIpc) is 2.45. The molecule has 0 atom stereocenters. The molecule has 0 heterocycles. The second-order valence-corrected chi connectivity index (χ2v) is 4.95. The second kappa shape index (κ2) is 6.32. The van der Waals surface area contributed by atoms with Gasteiger partial charge in [-0.3, -0.25) is 4.79 Å². The van der Waals surface area contributed by atoms with Crippen LogP contribution in [0.4, 0.5) is 0 Å². The van der Waals surface area contributed by atoms with Gasteiger partial charge in [0.1, 0.15) is 5.75 Å². The zero-order valence-electron chi connectivity index (χ0n) is 11.3. The van der Waals surface area contributed by atoms with E-state index in [9.17, 15) is 19.8 Å². The number of primary amides is 1. The minimum absolute atomic E-state index is 0.0644. The fourth-order valence-electron chi connectivity index (χ4n) is 1.95. The van der Waals surface area contributed by atoms with Gasteiger partial charge >= 0.3 is 5.97 Å². The van der Waals surface area contributed by atoms with Gasteiger partial charge in [0, 0.05) is 16.1 Å². The molecular weight excluding hydrogens is 306 g/mol. The molecule has 0 unspecified atom stereocenters. The molecule has 0 radical (unpaired) electrons. The summed E-state index contributed by atoms with van der Waals surface area (Å²) < 4.78 is 0. The number of amides is 1. The normalized spacial score (nSPS) is 11.2. The molecule has 2 rings (SSSR count). The van der Waals surface area contributed by atoms with Gasteiger partial charge in [-0.15, -0.1) is 0 Å². The first-order valence-electron chi connectivity index (χ1n) is 6.22. The van der Waals surface area contributed by atoms with Crippen molar-refractivity contribution in [2.24, 2.45) is 5.73 Å². The summed E-state index contributed by atoms with van der Waals surface area (Å²) in [7, 11) is 0. The Morgan fingerprint density at radius 2 is 1.68 bits per heavy atom. The third kappa shape index (κ3) is 3.45. The highest BCUT2D eigenvalue weighted by atomic mass is 35.5. The minimum Gasteiger partial charge on any atom is -0.508 e. The maximum Gasteiger partial charge on any atom is 0.336 e. The summed E-state index contributed by atoms with van der Waals surface area (Å²) in [6.45, 7) is 0. The smallest absolute Gasteiger partial charge is 0.336 e. The number of carboxylic acid groups (broad SMARTS) is 1. The summed E-state index contributed by atoms with van der Waals surface area (Å²) in [4.78, 5) is 23.0. The largest absolute Gasteiger partial charge is 0.508 e. The van der Waals surface area contributed by atoms with Crippen molar-refractivity contribution < 1.29 is 19.8 Å². The van der Waals surface area contributed by atoms with Crippen LogP contribution in [0, 0.1) is 0 Å². The Labute approximate surface area is 131 Å². The van der Waals surface area contributed by atoms with Crippen molar-refractivity contribution >= 4 is 35.1 Å². The average molecular weight is 318 g/mol. The number of phenols is 1. The maximum absolute atomic E-state index is 11.5. The number of carbonyl (C=O) groups is 2. The van der Waals surface area contributed by atoms with E-state index >= 15 is 0 Å². The van der Waals surface area contributed by atoms with Gasteiger partial charge in [-0.2, -0.15) is 0 Å². The van der Waals surface area contributed by atoms with Crippen LogP contribution in [0.15, 0.2) is 42.5 Å². The van der Waals surface area contributed by atoms with E-state index in [2.05, 4.69) is 0 Å². The predicted molar refractivity (Wildman–Crippen MR) is 83.6 cm³/mol. The molecule has 0 bridgehead atoms. The number of benzene rings is 2. The molecule has 22 heavy (non-hydrogen) atoms. The molecule has 0 saturated heterocycles. The number of phenolic OH excluding ortho intramolecular Hbond substituents is 1. The SMILES string of the molecule is NC(=O)c1ccc(Cl)cc1C(=Cc1ccc(O)cc1)C(=O)O. The van der Waals surface area contributed by atoms with Gasteiger partial charge in [0.05, 0.1) is 5.57 Å². The summed E-state index contributed by atoms with van der Waals surface area (Å²) in [6, 6.07) is 10.2. The van der Waals surface area contributed by atoms with E-state index in [1.165, 1.54) is 36.4 Å². The van der Waals surface area contributed by atoms with E-state index in [1.54, 1.807) is 12.1 Å². The van der Waals surface area contributed by atoms with Gasteiger partial charge in [0.15, 0.2) is 0 Å². The first kappa shape index (κ1) is 15.6. The molecule has 112 valence electrons. The van der Waals surface area contributed by atoms with Gasteiger partial charge in [0.2, 0.25) is 5.91 Å². The standard InChI is InChI=1S/C16H12ClNO4/c17-10-3-6-12(15(18)20)13(8-10)14(16(21)22)7-9-1-4-11(19)5-2-9/h1-8,19H,(H2,18,20)(H,21,22). The lowest BCUT2D eigenvalue weighted by atomic mass is 9.97. The quantitative estimate of drug-likeness (QED) is 0.596. The van der Waals surface area contributed by atoms with E-state index in [4.69, 9.17) is 17.3 Å². The van der Waals surface area contributed by atoms with Crippen LogP contribution in [-0.4, -0.2) is 22.1 Å². The summed E-state index contributed by atoms with van der Waals surface area (Å²) in [6.07, 6.45) is 1.37. The highest BCUT2D eigenvalue weighted by Gasteiger charge is 2.18. The van der Waals surface area contributed by atoms with Gasteiger partial charge in [0.25, 0.3) is 0 Å². The van der Waals surface area contributed by atoms with Crippen LogP contribution in [0.1, 0.15) is 21.5 Å². The van der Waals surface area contributed by atoms with Crippen LogP contribution in [0.2, 0.25) is 5.02 Å². The third-order valence-corrected chi connectivity index (χ3v) is 3.21. The van der Waals surface area contributed by atoms with E-state index in [-0.39, 0.29) is 27.5 Å². The molecule has 6 heteroatoms. The van der Waals surface area contributed by atoms with Crippen molar-refractivity contribution in [1.29, 1.82) is 0 Å². The van der Waals surface area contributed by atoms with Crippen molar-refractivity contribution in [2.45, 2.75) is 0 Å². The first-order chi connectivity index (χ1) is 10.4. The highest BCUT2D eigenvalue weighted by molar-refractivity contribution is 6.31. The fourth-order valence-corrected chi connectivity index (χ4v) is 2.12. The zero-order chi connectivity index (χ0) is 16.3. The number of nitrogens with two attached hydrogens (primary N) is 1. The number of rotatable bonds is 4. The molecule has 2 aromatic carbocycles. The van der Waals surface area contributed by atoms with Gasteiger partial charge < -0.3 is 15.9 Å². The molecule has 0 aliphatic rings. The second-order valence-electron chi connectivity index (χ2n) is 4.51. The monoisotopic (exact) mass is 317 g/mol. The number of hydrogen-bond donors (Lipinski definition) is 3. The first-order valence-corrected chi connectivity index (χ1v) is 6.60. The molecule has 0 saturated carbocycles. The van der Waals surface area contributed by atoms with Crippen molar-refractivity contribution in [2.75, 3.05) is 0 Å². The summed E-state index contributed by atoms with van der Waals surface area (Å²) >= 11 is 5.89. The molecule has 0 aliphatic carbocycles. The predicted octanol–water partition coefficient (Wildman–Crippen LogP) is 2.77. The maximum atomic E-state index is 11.5. The molecule has 1 amide bonds. The van der Waals surface area contributed by atoms with E-state index in [1.807, 2.05) is 0 Å². The molecule has 0 aliphatic heterocycles. The number of carbonyl (C=O) groups excluding carboxylic acids is 1. The Morgan fingerprint density at radius 3 is 2.23 bits per heavy atom. The lowest BCUT2D eigenvalue weighted by molar-refractivity contribution is -0.130. The van der Waals surface area contributed by atoms with Crippen LogP contribution >= 0.6 is 11.6 Å². The Balaban J connectivity index is 2.62. The molecule has 0 aromatic heterocycles. The Kier molecular flexibility index (Phi) is 4.48. The fraction of sp³-hybridized carbons (Fsp3) is 0. The number of hydrogen-bond acceptors (Lipinski definition) is 3. The van der Waals surface area contributed by atoms with Crippen LogP contribution in [0.5, 0.6) is 5.75 Å². The van der Waals surface area contributed by atoms with Gasteiger partial charge in [-0.1, -0.05) is 23.7 Å². The van der Waals surface area contributed by atoms with Gasteiger partial charge in [-0.25, -0.2) is 4.79 Å².